The molecule has 0 fully saturated rings. The molecule has 0 spiro atoms. The summed E-state index contributed by atoms with van der Waals surface area (Å²) in [7, 11) is 2.71. The lowest BCUT2D eigenvalue weighted by Gasteiger charge is -2.24. The first-order chi connectivity index (χ1) is 27.1. The summed E-state index contributed by atoms with van der Waals surface area (Å²) < 4.78 is 0.918. The van der Waals surface area contributed by atoms with E-state index in [4.69, 9.17) is 0 Å². The smallest absolute Gasteiger partial charge is 0.255 e. The number of nitrogens with one attached hydrogen (secondary N) is 4. The number of benzene rings is 2. The number of anilines is 2. The monoisotopic (exact) mass is 1490 g/mol. The van der Waals surface area contributed by atoms with Crippen LogP contribution in [-0.2, 0) is 9.59 Å². The van der Waals surface area contributed by atoms with Crippen LogP contribution in [0, 0.1) is 21.4 Å². The molecule has 2 rings (SSSR count). The Labute approximate surface area is 412 Å². The van der Waals surface area contributed by atoms with Gasteiger partial charge in [0.05, 0.1) is 86.5 Å². The average molecular weight is 1490 g/mol. The van der Waals surface area contributed by atoms with E-state index in [2.05, 4.69) is 21.3 Å². The van der Waals surface area contributed by atoms with E-state index in [9.17, 15) is 69.6 Å². The third kappa shape index (κ3) is 13.4. The van der Waals surface area contributed by atoms with Gasteiger partial charge in [-0.2, -0.15) is 0 Å². The lowest BCUT2D eigenvalue weighted by atomic mass is 10.1. The van der Waals surface area contributed by atoms with Gasteiger partial charge in [0.1, 0.15) is 0 Å². The maximum atomic E-state index is 13.8. The van der Waals surface area contributed by atoms with E-state index in [0.29, 0.717) is 0 Å². The molecule has 0 aromatic heterocycles. The minimum atomic E-state index is -1.83. The van der Waals surface area contributed by atoms with Crippen LogP contribution in [0.15, 0.2) is 0 Å². The summed E-state index contributed by atoms with van der Waals surface area (Å²) >= 11 is 10.7. The third-order valence-corrected chi connectivity index (χ3v) is 14.2. The number of rotatable bonds is 19. The van der Waals surface area contributed by atoms with Gasteiger partial charge in [-0.25, -0.2) is 0 Å². The zero-order valence-corrected chi connectivity index (χ0v) is 43.1. The maximum Gasteiger partial charge on any atom is 0.255 e. The highest BCUT2D eigenvalue weighted by Crippen LogP contribution is 2.38. The van der Waals surface area contributed by atoms with Gasteiger partial charge in [-0.3, -0.25) is 28.8 Å². The number of hydrogen-bond acceptors (Lipinski definition) is 14. The minimum absolute atomic E-state index is 0.0313. The van der Waals surface area contributed by atoms with E-state index in [0.717, 1.165) is 9.80 Å². The number of halogens is 6. The second-order valence-corrected chi connectivity index (χ2v) is 18.5. The van der Waals surface area contributed by atoms with Crippen LogP contribution in [0.4, 0.5) is 11.4 Å². The summed E-state index contributed by atoms with van der Waals surface area (Å²) in [6, 6.07) is 0. The number of likely N-dealkylation sites (N-methyl/N-ethyl adjacent to an activating group) is 2. The van der Waals surface area contributed by atoms with Crippen molar-refractivity contribution < 1.29 is 69.6 Å². The Morgan fingerprint density at radius 1 is 0.500 bits per heavy atom. The van der Waals surface area contributed by atoms with Crippen LogP contribution >= 0.6 is 136 Å². The summed E-state index contributed by atoms with van der Waals surface area (Å²) in [6.45, 7) is -4.08. The van der Waals surface area contributed by atoms with Crippen LogP contribution in [0.3, 0.4) is 0 Å². The Kier molecular flexibility index (Phi) is 22.9. The number of hydrogen-bond donors (Lipinski definition) is 12. The van der Waals surface area contributed by atoms with Crippen LogP contribution in [0.1, 0.15) is 41.4 Å². The number of carbonyl (C=O) groups is 6. The average Bonchev–Trinajstić information content (AvgIpc) is 3.18. The molecule has 4 atom stereocenters. The first kappa shape index (κ1) is 53.5. The van der Waals surface area contributed by atoms with Gasteiger partial charge in [0, 0.05) is 47.4 Å². The molecule has 0 aliphatic heterocycles. The standard InChI is InChI=1S/C32H38I6N6O14/c1-43(5-11(49)7-45)31(57)17-19(33)15(21(35)25(23(17)37)41-27(53)13(51)9-47)29(55)39-3-4-40-30(56)16-20(34)18(32(58)44(2)6-12(50)8-46)24(38)26(22(16)36)42-28(54)14(52)10-48/h11-14,45-52H,3-10H2,1-2H3,(H,39,55)(H,40,56)(H,41,53)(H,42,54). The van der Waals surface area contributed by atoms with Crippen LogP contribution < -0.4 is 21.3 Å². The van der Waals surface area contributed by atoms with Gasteiger partial charge in [0.25, 0.3) is 35.4 Å². The van der Waals surface area contributed by atoms with Crippen molar-refractivity contribution >= 4 is 182 Å². The molecule has 26 heteroatoms. The molecule has 0 aliphatic rings. The van der Waals surface area contributed by atoms with Gasteiger partial charge in [0.15, 0.2) is 12.2 Å². The summed E-state index contributed by atoms with van der Waals surface area (Å²) in [5.74, 6) is -4.93. The molecular formula is C32H38I6N6O14. The Morgan fingerprint density at radius 2 is 0.793 bits per heavy atom. The highest BCUT2D eigenvalue weighted by Gasteiger charge is 2.33. The van der Waals surface area contributed by atoms with Gasteiger partial charge in [0.2, 0.25) is 0 Å². The fourth-order valence-corrected chi connectivity index (χ4v) is 13.5. The number of aliphatic hydroxyl groups is 8. The predicted octanol–water partition coefficient (Wildman–Crippen LogP) is -1.09. The zero-order valence-electron chi connectivity index (χ0n) is 30.2. The van der Waals surface area contributed by atoms with Crippen molar-refractivity contribution in [3.63, 3.8) is 0 Å². The molecule has 2 aromatic rings. The van der Waals surface area contributed by atoms with Gasteiger partial charge in [-0.1, -0.05) is 0 Å². The zero-order chi connectivity index (χ0) is 44.3. The molecule has 12 N–H and O–H groups in total. The fourth-order valence-electron chi connectivity index (χ4n) is 4.72. The van der Waals surface area contributed by atoms with E-state index in [-0.39, 0.29) is 81.2 Å². The van der Waals surface area contributed by atoms with Gasteiger partial charge in [-0.15, -0.1) is 0 Å². The molecule has 2 aromatic carbocycles. The summed E-state index contributed by atoms with van der Waals surface area (Å²) in [6.07, 6.45) is -6.22. The Balaban J connectivity index is 2.53. The van der Waals surface area contributed by atoms with E-state index < -0.39 is 86.3 Å². The minimum Gasteiger partial charge on any atom is -0.394 e. The van der Waals surface area contributed by atoms with E-state index in [1.54, 1.807) is 136 Å². The second kappa shape index (κ2) is 24.8. The van der Waals surface area contributed by atoms with Crippen molar-refractivity contribution in [1.29, 1.82) is 0 Å². The van der Waals surface area contributed by atoms with Gasteiger partial charge < -0.3 is 71.9 Å². The molecule has 0 saturated heterocycles. The summed E-state index contributed by atoms with van der Waals surface area (Å²) in [5.41, 5.74) is -0.326. The maximum absolute atomic E-state index is 13.8. The molecule has 0 bridgehead atoms. The van der Waals surface area contributed by atoms with E-state index >= 15 is 0 Å². The summed E-state index contributed by atoms with van der Waals surface area (Å²) in [4.78, 5) is 82.3. The Bertz CT molecular complexity index is 1780. The lowest BCUT2D eigenvalue weighted by Crippen LogP contribution is -2.39. The second-order valence-electron chi connectivity index (χ2n) is 12.1. The Hall–Kier alpha value is -0.680. The molecule has 0 aliphatic carbocycles. The van der Waals surface area contributed by atoms with Crippen molar-refractivity contribution in [2.45, 2.75) is 24.4 Å². The molecule has 0 saturated carbocycles. The van der Waals surface area contributed by atoms with Crippen LogP contribution in [0.5, 0.6) is 0 Å². The number of carbonyl (C=O) groups excluding carboxylic acids is 6. The molecule has 4 unspecified atom stereocenters. The van der Waals surface area contributed by atoms with Gasteiger partial charge >= 0.3 is 0 Å². The van der Waals surface area contributed by atoms with Crippen molar-refractivity contribution in [2.24, 2.45) is 0 Å². The quantitative estimate of drug-likeness (QED) is 0.0588. The summed E-state index contributed by atoms with van der Waals surface area (Å²) in [5, 5.41) is 87.1. The molecule has 322 valence electrons. The van der Waals surface area contributed by atoms with Crippen molar-refractivity contribution in [2.75, 3.05) is 77.3 Å². The largest absolute Gasteiger partial charge is 0.394 e. The Morgan fingerprint density at radius 3 is 1.07 bits per heavy atom. The number of nitrogens with zero attached hydrogens (tertiary/aromatic N) is 2. The van der Waals surface area contributed by atoms with Crippen molar-refractivity contribution in [3.05, 3.63) is 43.7 Å². The molecule has 58 heavy (non-hydrogen) atoms. The number of amides is 6. The molecular weight excluding hydrogens is 1450 g/mol. The molecule has 0 heterocycles. The van der Waals surface area contributed by atoms with Crippen LogP contribution in [0.25, 0.3) is 0 Å². The van der Waals surface area contributed by atoms with Gasteiger partial charge in [-0.05, 0) is 136 Å². The molecule has 0 radical (unpaired) electrons. The third-order valence-electron chi connectivity index (χ3n) is 7.74. The number of aliphatic hydroxyl groups excluding tert-OH is 8. The van der Waals surface area contributed by atoms with Crippen molar-refractivity contribution in [3.8, 4) is 0 Å². The first-order valence-corrected chi connectivity index (χ1v) is 22.8. The highest BCUT2D eigenvalue weighted by atomic mass is 127. The highest BCUT2D eigenvalue weighted by molar-refractivity contribution is 14.1. The van der Waals surface area contributed by atoms with Crippen LogP contribution in [-0.4, -0.2) is 177 Å². The predicted molar refractivity (Wildman–Crippen MR) is 257 cm³/mol. The van der Waals surface area contributed by atoms with Crippen molar-refractivity contribution in [1.82, 2.24) is 20.4 Å². The van der Waals surface area contributed by atoms with E-state index in [1.165, 1.54) is 14.1 Å². The SMILES string of the molecule is CN(CC(O)CO)C(=O)c1c(I)c(NC(=O)C(O)CO)c(I)c(C(=O)NCCNC(=O)c2c(I)c(NC(=O)C(O)CO)c(I)c(C(=O)N(C)CC(O)CO)c2I)c1I. The molecule has 20 nitrogen and oxygen atoms in total. The normalized spacial score (nSPS) is 13.2. The van der Waals surface area contributed by atoms with E-state index in [1.807, 2.05) is 0 Å². The fraction of sp³-hybridized carbons (Fsp3) is 0.438. The first-order valence-electron chi connectivity index (χ1n) is 16.4. The molecule has 6 amide bonds. The topological polar surface area (TPSA) is 319 Å². The lowest BCUT2D eigenvalue weighted by molar-refractivity contribution is -0.126. The van der Waals surface area contributed by atoms with Crippen LogP contribution in [0.2, 0.25) is 0 Å².